The van der Waals surface area contributed by atoms with Gasteiger partial charge in [-0.2, -0.15) is 4.31 Å². The number of amides is 1. The summed E-state index contributed by atoms with van der Waals surface area (Å²) in [6, 6.07) is 6.87. The number of carbonyl (C=O) groups is 1. The number of piperidine rings is 1. The van der Waals surface area contributed by atoms with Crippen molar-refractivity contribution in [3.05, 3.63) is 41.8 Å². The molecule has 1 saturated heterocycles. The maximum atomic E-state index is 12.7. The first kappa shape index (κ1) is 17.9. The van der Waals surface area contributed by atoms with Crippen LogP contribution in [0.2, 0.25) is 5.02 Å². The van der Waals surface area contributed by atoms with Gasteiger partial charge in [-0.3, -0.25) is 4.79 Å². The third kappa shape index (κ3) is 4.02. The van der Waals surface area contributed by atoms with E-state index < -0.39 is 15.9 Å². The Morgan fingerprint density at radius 3 is 2.88 bits per heavy atom. The summed E-state index contributed by atoms with van der Waals surface area (Å²) in [5.74, 6) is -0.616. The van der Waals surface area contributed by atoms with Crippen molar-refractivity contribution in [1.82, 2.24) is 13.9 Å². The molecule has 7 nitrogen and oxygen atoms in total. The molecule has 134 valence electrons. The molecule has 0 radical (unpaired) electrons. The number of nitrogens with one attached hydrogen (secondary N) is 1. The molecule has 9 heteroatoms. The maximum absolute atomic E-state index is 12.7. The van der Waals surface area contributed by atoms with Crippen molar-refractivity contribution in [3.8, 4) is 0 Å². The Morgan fingerprint density at radius 1 is 1.40 bits per heavy atom. The smallest absolute Gasteiger partial charge is 0.262 e. The van der Waals surface area contributed by atoms with Gasteiger partial charge in [0.2, 0.25) is 5.91 Å². The minimum atomic E-state index is -3.69. The molecule has 2 heterocycles. The molecule has 25 heavy (non-hydrogen) atoms. The molecule has 0 spiro atoms. The van der Waals surface area contributed by atoms with Crippen LogP contribution in [0.3, 0.4) is 0 Å². The van der Waals surface area contributed by atoms with Crippen molar-refractivity contribution in [2.45, 2.75) is 17.9 Å². The van der Waals surface area contributed by atoms with Crippen molar-refractivity contribution >= 4 is 33.2 Å². The van der Waals surface area contributed by atoms with Gasteiger partial charge in [-0.25, -0.2) is 13.4 Å². The summed E-state index contributed by atoms with van der Waals surface area (Å²) in [7, 11) is -1.98. The summed E-state index contributed by atoms with van der Waals surface area (Å²) in [5, 5.41) is 3.34. The average molecular weight is 383 g/mol. The van der Waals surface area contributed by atoms with Crippen LogP contribution in [0.1, 0.15) is 12.8 Å². The lowest BCUT2D eigenvalue weighted by Crippen LogP contribution is -2.43. The predicted octanol–water partition coefficient (Wildman–Crippen LogP) is 2.11. The Hall–Kier alpha value is -1.90. The normalized spacial score (nSPS) is 18.9. The van der Waals surface area contributed by atoms with E-state index in [4.69, 9.17) is 11.6 Å². The molecule has 1 aliphatic rings. The van der Waals surface area contributed by atoms with E-state index in [1.165, 1.54) is 16.8 Å². The number of halogens is 1. The Labute approximate surface area is 151 Å². The van der Waals surface area contributed by atoms with E-state index in [9.17, 15) is 13.2 Å². The van der Waals surface area contributed by atoms with Gasteiger partial charge in [-0.05, 0) is 31.0 Å². The summed E-state index contributed by atoms with van der Waals surface area (Å²) < 4.78 is 28.3. The number of hydrogen-bond donors (Lipinski definition) is 1. The van der Waals surface area contributed by atoms with E-state index in [1.807, 2.05) is 0 Å². The molecule has 1 fully saturated rings. The fraction of sp³-hybridized carbons (Fsp3) is 0.375. The largest absolute Gasteiger partial charge is 0.339 e. The van der Waals surface area contributed by atoms with Crippen molar-refractivity contribution < 1.29 is 13.2 Å². The van der Waals surface area contributed by atoms with Crippen LogP contribution in [0.5, 0.6) is 0 Å². The fourth-order valence-corrected chi connectivity index (χ4v) is 4.52. The number of sulfonamides is 1. The van der Waals surface area contributed by atoms with Crippen LogP contribution >= 0.6 is 11.6 Å². The number of carbonyl (C=O) groups excluding carboxylic acids is 1. The van der Waals surface area contributed by atoms with Gasteiger partial charge in [0.1, 0.15) is 0 Å². The third-order valence-electron chi connectivity index (χ3n) is 4.13. The average Bonchev–Trinajstić information content (AvgIpc) is 3.02. The van der Waals surface area contributed by atoms with Crippen molar-refractivity contribution in [3.63, 3.8) is 0 Å². The molecule has 1 N–H and O–H groups in total. The molecular formula is C16H19ClN4O3S. The van der Waals surface area contributed by atoms with Gasteiger partial charge >= 0.3 is 0 Å². The predicted molar refractivity (Wildman–Crippen MR) is 94.8 cm³/mol. The number of benzene rings is 1. The second kappa shape index (κ2) is 7.15. The zero-order valence-electron chi connectivity index (χ0n) is 13.7. The zero-order chi connectivity index (χ0) is 18.0. The molecule has 1 atom stereocenters. The minimum absolute atomic E-state index is 0.00546. The quantitative estimate of drug-likeness (QED) is 0.877. The van der Waals surface area contributed by atoms with Gasteiger partial charge in [0, 0.05) is 37.0 Å². The SMILES string of the molecule is Cn1cnc(S(=O)(=O)N2CCC[C@H](C(=O)Nc3cccc(Cl)c3)C2)c1. The van der Waals surface area contributed by atoms with Gasteiger partial charge in [-0.15, -0.1) is 0 Å². The number of hydrogen-bond acceptors (Lipinski definition) is 4. The van der Waals surface area contributed by atoms with E-state index in [1.54, 1.807) is 35.9 Å². The van der Waals surface area contributed by atoms with E-state index in [0.29, 0.717) is 30.1 Å². The Morgan fingerprint density at radius 2 is 2.20 bits per heavy atom. The van der Waals surface area contributed by atoms with Crippen LogP contribution in [0, 0.1) is 5.92 Å². The summed E-state index contributed by atoms with van der Waals surface area (Å²) >= 11 is 5.92. The molecule has 0 unspecified atom stereocenters. The minimum Gasteiger partial charge on any atom is -0.339 e. The van der Waals surface area contributed by atoms with Crippen LogP contribution in [0.15, 0.2) is 41.8 Å². The first-order valence-electron chi connectivity index (χ1n) is 7.91. The van der Waals surface area contributed by atoms with Crippen molar-refractivity contribution in [2.24, 2.45) is 13.0 Å². The highest BCUT2D eigenvalue weighted by Crippen LogP contribution is 2.24. The number of imidazole rings is 1. The first-order valence-corrected chi connectivity index (χ1v) is 9.72. The molecule has 1 aliphatic heterocycles. The lowest BCUT2D eigenvalue weighted by molar-refractivity contribution is -0.120. The Balaban J connectivity index is 1.71. The maximum Gasteiger partial charge on any atom is 0.262 e. The fourth-order valence-electron chi connectivity index (χ4n) is 2.84. The molecule has 1 amide bonds. The van der Waals surface area contributed by atoms with Gasteiger partial charge in [0.15, 0.2) is 5.03 Å². The monoisotopic (exact) mass is 382 g/mol. The first-order chi connectivity index (χ1) is 11.9. The number of aryl methyl sites for hydroxylation is 1. The zero-order valence-corrected chi connectivity index (χ0v) is 15.3. The lowest BCUT2D eigenvalue weighted by Gasteiger charge is -2.30. The van der Waals surface area contributed by atoms with Gasteiger partial charge in [0.25, 0.3) is 10.0 Å². The molecule has 0 bridgehead atoms. The van der Waals surface area contributed by atoms with Gasteiger partial charge in [-0.1, -0.05) is 17.7 Å². The van der Waals surface area contributed by atoms with Crippen LogP contribution in [0.25, 0.3) is 0 Å². The number of nitrogens with zero attached hydrogens (tertiary/aromatic N) is 3. The van der Waals surface area contributed by atoms with Gasteiger partial charge in [0.05, 0.1) is 12.2 Å². The van der Waals surface area contributed by atoms with Crippen LogP contribution in [-0.4, -0.2) is 41.3 Å². The van der Waals surface area contributed by atoms with E-state index >= 15 is 0 Å². The second-order valence-electron chi connectivity index (χ2n) is 6.08. The molecule has 1 aromatic heterocycles. The van der Waals surface area contributed by atoms with Crippen LogP contribution < -0.4 is 5.32 Å². The van der Waals surface area contributed by atoms with E-state index in [0.717, 1.165) is 0 Å². The van der Waals surface area contributed by atoms with Gasteiger partial charge < -0.3 is 9.88 Å². The number of aromatic nitrogens is 2. The topological polar surface area (TPSA) is 84.3 Å². The Kier molecular flexibility index (Phi) is 5.12. The van der Waals surface area contributed by atoms with E-state index in [-0.39, 0.29) is 17.5 Å². The van der Waals surface area contributed by atoms with Crippen LogP contribution in [-0.2, 0) is 21.9 Å². The summed E-state index contributed by atoms with van der Waals surface area (Å²) in [5.41, 5.74) is 0.599. The molecule has 0 saturated carbocycles. The summed E-state index contributed by atoms with van der Waals surface area (Å²) in [4.78, 5) is 16.4. The van der Waals surface area contributed by atoms with Crippen molar-refractivity contribution in [1.29, 1.82) is 0 Å². The number of anilines is 1. The number of rotatable bonds is 4. The van der Waals surface area contributed by atoms with Crippen LogP contribution in [0.4, 0.5) is 5.69 Å². The van der Waals surface area contributed by atoms with E-state index in [2.05, 4.69) is 10.3 Å². The summed E-state index contributed by atoms with van der Waals surface area (Å²) in [6.07, 6.45) is 4.17. The molecule has 1 aromatic carbocycles. The summed E-state index contributed by atoms with van der Waals surface area (Å²) in [6.45, 7) is 0.533. The highest BCUT2D eigenvalue weighted by atomic mass is 35.5. The molecular weight excluding hydrogens is 364 g/mol. The standard InChI is InChI=1S/C16H19ClN4O3S/c1-20-10-15(18-11-20)25(23,24)21-7-3-4-12(9-21)16(22)19-14-6-2-5-13(17)8-14/h2,5-6,8,10-12H,3-4,7,9H2,1H3,(H,19,22)/t12-/m0/s1. The second-order valence-corrected chi connectivity index (χ2v) is 8.40. The lowest BCUT2D eigenvalue weighted by atomic mass is 9.99. The molecule has 0 aliphatic carbocycles. The highest BCUT2D eigenvalue weighted by Gasteiger charge is 2.34. The highest BCUT2D eigenvalue weighted by molar-refractivity contribution is 7.89. The Bertz CT molecular complexity index is 881. The van der Waals surface area contributed by atoms with Crippen molar-refractivity contribution in [2.75, 3.05) is 18.4 Å². The third-order valence-corrected chi connectivity index (χ3v) is 6.12. The molecule has 2 aromatic rings. The molecule has 3 rings (SSSR count).